The van der Waals surface area contributed by atoms with E-state index < -0.39 is 0 Å². The van der Waals surface area contributed by atoms with E-state index in [9.17, 15) is 5.11 Å². The van der Waals surface area contributed by atoms with Crippen LogP contribution in [0.25, 0.3) is 0 Å². The van der Waals surface area contributed by atoms with Crippen molar-refractivity contribution < 1.29 is 9.84 Å². The predicted octanol–water partition coefficient (Wildman–Crippen LogP) is 3.39. The van der Waals surface area contributed by atoms with Crippen LogP contribution in [0.4, 0.5) is 0 Å². The minimum atomic E-state index is -0.330. The molecule has 0 spiro atoms. The fourth-order valence-corrected chi connectivity index (χ4v) is 2.10. The quantitative estimate of drug-likeness (QED) is 0.824. The first kappa shape index (κ1) is 15.8. The molecule has 0 fully saturated rings. The Morgan fingerprint density at radius 2 is 1.86 bits per heavy atom. The Bertz CT molecular complexity index is 555. The summed E-state index contributed by atoms with van der Waals surface area (Å²) in [5.41, 5.74) is 2.13. The number of aliphatic hydroxyl groups excluding tert-OH is 1. The van der Waals surface area contributed by atoms with Gasteiger partial charge in [0, 0.05) is 23.7 Å². The van der Waals surface area contributed by atoms with E-state index >= 15 is 0 Å². The molecule has 2 N–H and O–H groups in total. The van der Waals surface area contributed by atoms with Crippen molar-refractivity contribution in [3.05, 3.63) is 64.7 Å². The van der Waals surface area contributed by atoms with E-state index in [2.05, 4.69) is 5.32 Å². The number of halogens is 1. The van der Waals surface area contributed by atoms with E-state index in [-0.39, 0.29) is 6.10 Å². The van der Waals surface area contributed by atoms with Crippen molar-refractivity contribution in [2.24, 2.45) is 0 Å². The first-order chi connectivity index (χ1) is 10.1. The van der Waals surface area contributed by atoms with Gasteiger partial charge in [0.25, 0.3) is 0 Å². The average molecular weight is 306 g/mol. The zero-order valence-electron chi connectivity index (χ0n) is 12.1. The molecule has 0 radical (unpaired) electrons. The molecule has 112 valence electrons. The van der Waals surface area contributed by atoms with E-state index in [4.69, 9.17) is 16.3 Å². The average Bonchev–Trinajstić information content (AvgIpc) is 2.47. The summed E-state index contributed by atoms with van der Waals surface area (Å²) in [4.78, 5) is 0. The summed E-state index contributed by atoms with van der Waals surface area (Å²) in [5.74, 6) is 0.814. The van der Waals surface area contributed by atoms with Crippen molar-refractivity contribution in [1.29, 1.82) is 0 Å². The number of ether oxygens (including phenoxy) is 1. The van der Waals surface area contributed by atoms with E-state index in [1.807, 2.05) is 48.5 Å². The molecule has 0 saturated carbocycles. The van der Waals surface area contributed by atoms with Crippen LogP contribution in [0.3, 0.4) is 0 Å². The van der Waals surface area contributed by atoms with Gasteiger partial charge in [0.15, 0.2) is 0 Å². The Kier molecular flexibility index (Phi) is 6.05. The highest BCUT2D eigenvalue weighted by molar-refractivity contribution is 6.31. The molecule has 2 aromatic rings. The maximum Gasteiger partial charge on any atom is 0.119 e. The molecular formula is C17H20ClNO2. The molecule has 4 heteroatoms. The highest BCUT2D eigenvalue weighted by Crippen LogP contribution is 2.18. The first-order valence-corrected chi connectivity index (χ1v) is 7.37. The summed E-state index contributed by atoms with van der Waals surface area (Å²) < 4.78 is 5.73. The lowest BCUT2D eigenvalue weighted by Crippen LogP contribution is -2.23. The molecule has 0 saturated heterocycles. The second-order valence-corrected chi connectivity index (χ2v) is 5.41. The summed E-state index contributed by atoms with van der Waals surface area (Å²) in [6.07, 6.45) is -0.330. The van der Waals surface area contributed by atoms with Gasteiger partial charge < -0.3 is 15.2 Å². The van der Waals surface area contributed by atoms with Gasteiger partial charge in [-0.15, -0.1) is 0 Å². The maximum atomic E-state index is 9.18. The third kappa shape index (κ3) is 5.38. The molecule has 0 bridgehead atoms. The molecule has 2 rings (SSSR count). The van der Waals surface area contributed by atoms with Gasteiger partial charge in [-0.2, -0.15) is 0 Å². The fraction of sp³-hybridized carbons (Fsp3) is 0.294. The van der Waals surface area contributed by atoms with Crippen LogP contribution in [0, 0.1) is 0 Å². The van der Waals surface area contributed by atoms with Gasteiger partial charge in [-0.1, -0.05) is 41.9 Å². The molecule has 1 unspecified atom stereocenters. The van der Waals surface area contributed by atoms with Crippen molar-refractivity contribution in [3.63, 3.8) is 0 Å². The van der Waals surface area contributed by atoms with Crippen molar-refractivity contribution in [2.75, 3.05) is 6.54 Å². The smallest absolute Gasteiger partial charge is 0.119 e. The summed E-state index contributed by atoms with van der Waals surface area (Å²) >= 11 is 6.09. The predicted molar refractivity (Wildman–Crippen MR) is 85.6 cm³/mol. The van der Waals surface area contributed by atoms with Crippen molar-refractivity contribution in [1.82, 2.24) is 5.32 Å². The van der Waals surface area contributed by atoms with Crippen molar-refractivity contribution in [3.8, 4) is 5.75 Å². The Morgan fingerprint density at radius 3 is 2.52 bits per heavy atom. The maximum absolute atomic E-state index is 9.18. The zero-order chi connectivity index (χ0) is 15.1. The van der Waals surface area contributed by atoms with Crippen LogP contribution in [0.15, 0.2) is 48.5 Å². The second-order valence-electron chi connectivity index (χ2n) is 5.00. The van der Waals surface area contributed by atoms with Crippen LogP contribution in [0.5, 0.6) is 5.75 Å². The van der Waals surface area contributed by atoms with Crippen LogP contribution in [-0.2, 0) is 13.2 Å². The number of rotatable bonds is 7. The molecule has 21 heavy (non-hydrogen) atoms. The summed E-state index contributed by atoms with van der Waals surface area (Å²) in [7, 11) is 0. The molecule has 2 aromatic carbocycles. The lowest BCUT2D eigenvalue weighted by Gasteiger charge is -2.09. The molecule has 0 heterocycles. The number of benzene rings is 2. The molecule has 1 atom stereocenters. The van der Waals surface area contributed by atoms with E-state index in [0.717, 1.165) is 28.4 Å². The van der Waals surface area contributed by atoms with E-state index in [1.54, 1.807) is 6.92 Å². The lowest BCUT2D eigenvalue weighted by atomic mass is 10.2. The Morgan fingerprint density at radius 1 is 1.14 bits per heavy atom. The van der Waals surface area contributed by atoms with Gasteiger partial charge in [0.2, 0.25) is 0 Å². The van der Waals surface area contributed by atoms with Crippen LogP contribution >= 0.6 is 11.6 Å². The largest absolute Gasteiger partial charge is 0.489 e. The molecule has 0 aliphatic rings. The van der Waals surface area contributed by atoms with Crippen LogP contribution in [0.2, 0.25) is 5.02 Å². The molecular weight excluding hydrogens is 286 g/mol. The topological polar surface area (TPSA) is 41.5 Å². The molecule has 0 aliphatic carbocycles. The Hall–Kier alpha value is -1.55. The zero-order valence-corrected chi connectivity index (χ0v) is 12.8. The lowest BCUT2D eigenvalue weighted by molar-refractivity contribution is 0.191. The highest BCUT2D eigenvalue weighted by atomic mass is 35.5. The van der Waals surface area contributed by atoms with E-state index in [0.29, 0.717) is 13.2 Å². The Labute approximate surface area is 130 Å². The first-order valence-electron chi connectivity index (χ1n) is 6.99. The van der Waals surface area contributed by atoms with Crippen molar-refractivity contribution >= 4 is 11.6 Å². The van der Waals surface area contributed by atoms with Gasteiger partial charge >= 0.3 is 0 Å². The number of hydrogen-bond donors (Lipinski definition) is 2. The Balaban J connectivity index is 1.84. The molecule has 0 aliphatic heterocycles. The second kappa shape index (κ2) is 8.03. The third-order valence-corrected chi connectivity index (χ3v) is 3.41. The normalized spacial score (nSPS) is 12.1. The minimum absolute atomic E-state index is 0.330. The van der Waals surface area contributed by atoms with Gasteiger partial charge in [0.1, 0.15) is 12.4 Å². The van der Waals surface area contributed by atoms with Crippen LogP contribution in [0.1, 0.15) is 18.1 Å². The number of aliphatic hydroxyl groups is 1. The number of nitrogens with one attached hydrogen (secondary N) is 1. The van der Waals surface area contributed by atoms with Crippen LogP contribution in [-0.4, -0.2) is 17.8 Å². The summed E-state index contributed by atoms with van der Waals surface area (Å²) in [5, 5.41) is 13.1. The fourth-order valence-electron chi connectivity index (χ4n) is 1.91. The molecule has 3 nitrogen and oxygen atoms in total. The SMILES string of the molecule is CC(O)CNCc1ccc(OCc2ccccc2Cl)cc1. The molecule has 0 aromatic heterocycles. The van der Waals surface area contributed by atoms with E-state index in [1.165, 1.54) is 0 Å². The third-order valence-electron chi connectivity index (χ3n) is 3.04. The van der Waals surface area contributed by atoms with Crippen LogP contribution < -0.4 is 10.1 Å². The summed E-state index contributed by atoms with van der Waals surface area (Å²) in [6, 6.07) is 15.6. The molecule has 0 amide bonds. The minimum Gasteiger partial charge on any atom is -0.489 e. The van der Waals surface area contributed by atoms with Gasteiger partial charge in [-0.05, 0) is 30.7 Å². The summed E-state index contributed by atoms with van der Waals surface area (Å²) in [6.45, 7) is 3.54. The van der Waals surface area contributed by atoms with Gasteiger partial charge in [-0.3, -0.25) is 0 Å². The standard InChI is InChI=1S/C17H20ClNO2/c1-13(20)10-19-11-14-6-8-16(9-7-14)21-12-15-4-2-3-5-17(15)18/h2-9,13,19-20H,10-12H2,1H3. The van der Waals surface area contributed by atoms with Gasteiger partial charge in [-0.25, -0.2) is 0 Å². The number of hydrogen-bond acceptors (Lipinski definition) is 3. The monoisotopic (exact) mass is 305 g/mol. The van der Waals surface area contributed by atoms with Gasteiger partial charge in [0.05, 0.1) is 6.10 Å². The van der Waals surface area contributed by atoms with Crippen molar-refractivity contribution in [2.45, 2.75) is 26.2 Å². The highest BCUT2D eigenvalue weighted by Gasteiger charge is 2.01.